The highest BCUT2D eigenvalue weighted by Crippen LogP contribution is 2.16. The van der Waals surface area contributed by atoms with E-state index in [1.807, 2.05) is 35.2 Å². The third-order valence-corrected chi connectivity index (χ3v) is 5.01. The lowest BCUT2D eigenvalue weighted by Gasteiger charge is -2.34. The molecule has 154 valence electrons. The number of carbonyl (C=O) groups is 3. The number of rotatable bonds is 8. The topological polar surface area (TPSA) is 114 Å². The Morgan fingerprint density at radius 1 is 1.31 bits per heavy atom. The van der Waals surface area contributed by atoms with Crippen molar-refractivity contribution < 1.29 is 14.4 Å². The number of nitrogens with one attached hydrogen (secondary N) is 1. The van der Waals surface area contributed by atoms with Crippen LogP contribution in [0.15, 0.2) is 49.1 Å². The first kappa shape index (κ1) is 20.5. The maximum absolute atomic E-state index is 13.6. The van der Waals surface area contributed by atoms with Gasteiger partial charge in [-0.2, -0.15) is 0 Å². The first-order chi connectivity index (χ1) is 14.0. The fourth-order valence-electron chi connectivity index (χ4n) is 3.48. The first-order valence-corrected chi connectivity index (χ1v) is 9.59. The summed E-state index contributed by atoms with van der Waals surface area (Å²) in [6.07, 6.45) is 5.08. The molecule has 0 saturated carbocycles. The average molecular weight is 398 g/mol. The molecule has 1 saturated heterocycles. The van der Waals surface area contributed by atoms with Crippen molar-refractivity contribution in [1.29, 1.82) is 0 Å². The SMILES string of the molecule is CC(C(N)=O)N(C(=O)C(Cc1ccccc1)CN1CCNC(=O)C1)n1ccnc1. The molecule has 0 radical (unpaired) electrons. The fraction of sp³-hybridized carbons (Fsp3) is 0.400. The van der Waals surface area contributed by atoms with Crippen LogP contribution < -0.4 is 16.1 Å². The summed E-state index contributed by atoms with van der Waals surface area (Å²) in [7, 11) is 0. The molecule has 1 aliphatic rings. The van der Waals surface area contributed by atoms with Crippen LogP contribution in [0.4, 0.5) is 0 Å². The maximum Gasteiger partial charge on any atom is 0.246 e. The zero-order valence-corrected chi connectivity index (χ0v) is 16.4. The van der Waals surface area contributed by atoms with E-state index in [0.717, 1.165) is 5.56 Å². The maximum atomic E-state index is 13.6. The molecule has 2 heterocycles. The molecular formula is C20H26N6O3. The standard InChI is InChI=1S/C20H26N6O3/c1-15(19(21)28)26(25-10-7-22-14-25)20(29)17(11-16-5-3-2-4-6-16)12-24-9-8-23-18(27)13-24/h2-7,10,14-15,17H,8-9,11-13H2,1H3,(H2,21,28)(H,23,27). The molecule has 3 N–H and O–H groups in total. The summed E-state index contributed by atoms with van der Waals surface area (Å²) in [5.74, 6) is -1.38. The second kappa shape index (κ2) is 9.33. The normalized spacial score (nSPS) is 16.7. The summed E-state index contributed by atoms with van der Waals surface area (Å²) in [6, 6.07) is 8.84. The van der Waals surface area contributed by atoms with Crippen molar-refractivity contribution in [3.63, 3.8) is 0 Å². The van der Waals surface area contributed by atoms with Crippen molar-refractivity contribution in [1.82, 2.24) is 19.9 Å². The summed E-state index contributed by atoms with van der Waals surface area (Å²) in [5.41, 5.74) is 6.51. The second-order valence-corrected chi connectivity index (χ2v) is 7.18. The van der Waals surface area contributed by atoms with E-state index in [1.165, 1.54) is 22.2 Å². The second-order valence-electron chi connectivity index (χ2n) is 7.18. The molecule has 0 bridgehead atoms. The Hall–Kier alpha value is -3.20. The highest BCUT2D eigenvalue weighted by Gasteiger charge is 2.33. The quantitative estimate of drug-likeness (QED) is 0.623. The highest BCUT2D eigenvalue weighted by atomic mass is 16.2. The number of carbonyl (C=O) groups excluding carboxylic acids is 3. The predicted octanol–water partition coefficient (Wildman–Crippen LogP) is -0.488. The number of hydrogen-bond donors (Lipinski definition) is 2. The van der Waals surface area contributed by atoms with Crippen LogP contribution in [-0.4, -0.2) is 64.5 Å². The van der Waals surface area contributed by atoms with Crippen LogP contribution in [0.1, 0.15) is 12.5 Å². The highest BCUT2D eigenvalue weighted by molar-refractivity contribution is 5.95. The number of imidazole rings is 1. The van der Waals surface area contributed by atoms with E-state index in [2.05, 4.69) is 10.3 Å². The van der Waals surface area contributed by atoms with E-state index in [4.69, 9.17) is 5.73 Å². The molecule has 2 aromatic rings. The molecule has 2 unspecified atom stereocenters. The molecule has 0 spiro atoms. The van der Waals surface area contributed by atoms with Crippen LogP contribution in [0.25, 0.3) is 0 Å². The van der Waals surface area contributed by atoms with Crippen LogP contribution >= 0.6 is 0 Å². The lowest BCUT2D eigenvalue weighted by molar-refractivity contribution is -0.130. The molecule has 3 rings (SSSR count). The fourth-order valence-corrected chi connectivity index (χ4v) is 3.48. The van der Waals surface area contributed by atoms with Gasteiger partial charge in [0, 0.05) is 32.0 Å². The molecule has 29 heavy (non-hydrogen) atoms. The van der Waals surface area contributed by atoms with Crippen molar-refractivity contribution in [3.05, 3.63) is 54.6 Å². The summed E-state index contributed by atoms with van der Waals surface area (Å²) < 4.78 is 1.48. The number of hydrogen-bond acceptors (Lipinski definition) is 5. The smallest absolute Gasteiger partial charge is 0.246 e. The van der Waals surface area contributed by atoms with Gasteiger partial charge in [0.05, 0.1) is 12.5 Å². The largest absolute Gasteiger partial charge is 0.368 e. The number of primary amides is 1. The van der Waals surface area contributed by atoms with Crippen molar-refractivity contribution in [3.8, 4) is 0 Å². The van der Waals surface area contributed by atoms with Gasteiger partial charge in [0.25, 0.3) is 0 Å². The molecule has 1 fully saturated rings. The van der Waals surface area contributed by atoms with Crippen LogP contribution in [0.5, 0.6) is 0 Å². The number of nitrogens with zero attached hydrogens (tertiary/aromatic N) is 4. The van der Waals surface area contributed by atoms with E-state index in [9.17, 15) is 14.4 Å². The number of aromatic nitrogens is 2. The van der Waals surface area contributed by atoms with E-state index in [1.54, 1.807) is 13.1 Å². The van der Waals surface area contributed by atoms with Gasteiger partial charge in [0.1, 0.15) is 12.4 Å². The summed E-state index contributed by atoms with van der Waals surface area (Å²) in [6.45, 7) is 3.45. The third kappa shape index (κ3) is 5.20. The molecule has 1 aromatic heterocycles. The molecule has 1 aromatic carbocycles. The van der Waals surface area contributed by atoms with Crippen molar-refractivity contribution in [2.75, 3.05) is 31.2 Å². The molecule has 3 amide bonds. The molecule has 1 aliphatic heterocycles. The van der Waals surface area contributed by atoms with Crippen molar-refractivity contribution in [2.45, 2.75) is 19.4 Å². The molecule has 2 atom stereocenters. The van der Waals surface area contributed by atoms with E-state index < -0.39 is 17.9 Å². The van der Waals surface area contributed by atoms with E-state index >= 15 is 0 Å². The van der Waals surface area contributed by atoms with Crippen LogP contribution in [0.2, 0.25) is 0 Å². The minimum atomic E-state index is -0.848. The van der Waals surface area contributed by atoms with Gasteiger partial charge < -0.3 is 11.1 Å². The lowest BCUT2D eigenvalue weighted by Crippen LogP contribution is -2.57. The number of piperazine rings is 1. The zero-order valence-electron chi connectivity index (χ0n) is 16.4. The Morgan fingerprint density at radius 3 is 2.69 bits per heavy atom. The van der Waals surface area contributed by atoms with E-state index in [0.29, 0.717) is 26.1 Å². The predicted molar refractivity (Wildman–Crippen MR) is 107 cm³/mol. The minimum absolute atomic E-state index is 0.0564. The van der Waals surface area contributed by atoms with Gasteiger partial charge in [-0.25, -0.2) is 14.7 Å². The van der Waals surface area contributed by atoms with Crippen LogP contribution in [0.3, 0.4) is 0 Å². The van der Waals surface area contributed by atoms with Gasteiger partial charge in [-0.15, -0.1) is 0 Å². The zero-order chi connectivity index (χ0) is 20.8. The Kier molecular flexibility index (Phi) is 6.61. The van der Waals surface area contributed by atoms with Crippen molar-refractivity contribution in [2.24, 2.45) is 11.7 Å². The Labute approximate surface area is 169 Å². The van der Waals surface area contributed by atoms with Gasteiger partial charge in [-0.05, 0) is 18.9 Å². The molecule has 9 nitrogen and oxygen atoms in total. The molecule has 0 aliphatic carbocycles. The monoisotopic (exact) mass is 398 g/mol. The van der Waals surface area contributed by atoms with Crippen LogP contribution in [-0.2, 0) is 20.8 Å². The van der Waals surface area contributed by atoms with Gasteiger partial charge >= 0.3 is 0 Å². The van der Waals surface area contributed by atoms with Crippen LogP contribution in [0, 0.1) is 5.92 Å². The van der Waals surface area contributed by atoms with E-state index in [-0.39, 0.29) is 18.4 Å². The van der Waals surface area contributed by atoms with Gasteiger partial charge in [0.2, 0.25) is 17.7 Å². The molecule has 9 heteroatoms. The summed E-state index contributed by atoms with van der Waals surface area (Å²) >= 11 is 0. The van der Waals surface area contributed by atoms with Gasteiger partial charge in [-0.3, -0.25) is 19.3 Å². The Morgan fingerprint density at radius 2 is 2.07 bits per heavy atom. The summed E-state index contributed by atoms with van der Waals surface area (Å²) in [4.78, 5) is 43.2. The van der Waals surface area contributed by atoms with Gasteiger partial charge in [0.15, 0.2) is 0 Å². The average Bonchev–Trinajstić information content (AvgIpc) is 3.22. The Bertz CT molecular complexity index is 839. The molecular weight excluding hydrogens is 372 g/mol. The van der Waals surface area contributed by atoms with Gasteiger partial charge in [-0.1, -0.05) is 30.3 Å². The number of nitrogens with two attached hydrogens (primary N) is 1. The number of amides is 3. The lowest BCUT2D eigenvalue weighted by atomic mass is 9.96. The Balaban J connectivity index is 1.88. The summed E-state index contributed by atoms with van der Waals surface area (Å²) in [5, 5.41) is 4.13. The minimum Gasteiger partial charge on any atom is -0.368 e. The third-order valence-electron chi connectivity index (χ3n) is 5.01. The van der Waals surface area contributed by atoms with Crippen molar-refractivity contribution >= 4 is 17.7 Å². The first-order valence-electron chi connectivity index (χ1n) is 9.59. The number of benzene rings is 1.